The maximum Gasteiger partial charge on any atom is 0.146 e. The second-order valence-electron chi connectivity index (χ2n) is 9.19. The molecule has 1 aromatic carbocycles. The minimum Gasteiger partial charge on any atom is -0.505 e. The normalized spacial score (nSPS) is 17.6. The molecule has 0 saturated carbocycles. The van der Waals surface area contributed by atoms with Crippen LogP contribution >= 0.6 is 0 Å². The lowest BCUT2D eigenvalue weighted by Crippen LogP contribution is -2.18. The van der Waals surface area contributed by atoms with Gasteiger partial charge in [-0.3, -0.25) is 0 Å². The van der Waals surface area contributed by atoms with Gasteiger partial charge in [0.2, 0.25) is 0 Å². The van der Waals surface area contributed by atoms with Gasteiger partial charge >= 0.3 is 0 Å². The first-order valence-corrected chi connectivity index (χ1v) is 9.00. The van der Waals surface area contributed by atoms with E-state index in [0.717, 1.165) is 23.4 Å². The van der Waals surface area contributed by atoms with Crippen LogP contribution in [0.25, 0.3) is 11.8 Å². The van der Waals surface area contributed by atoms with Crippen LogP contribution in [-0.4, -0.2) is 20.1 Å². The molecule has 25 heavy (non-hydrogen) atoms. The molecule has 0 amide bonds. The van der Waals surface area contributed by atoms with Crippen molar-refractivity contribution in [2.45, 2.75) is 71.6 Å². The fourth-order valence-electron chi connectivity index (χ4n) is 3.18. The van der Waals surface area contributed by atoms with E-state index in [0.29, 0.717) is 11.6 Å². The van der Waals surface area contributed by atoms with Crippen LogP contribution in [0.4, 0.5) is 0 Å². The molecule has 1 aliphatic rings. The number of aromatic nitrogens is 3. The van der Waals surface area contributed by atoms with Crippen LogP contribution in [0.2, 0.25) is 0 Å². The van der Waals surface area contributed by atoms with E-state index in [9.17, 15) is 5.11 Å². The fraction of sp³-hybridized carbons (Fsp3) is 0.524. The molecule has 1 N–H and O–H groups in total. The largest absolute Gasteiger partial charge is 0.505 e. The van der Waals surface area contributed by atoms with Gasteiger partial charge in [-0.2, -0.15) is 5.10 Å². The zero-order valence-corrected chi connectivity index (χ0v) is 16.4. The number of hydrogen-bond acceptors (Lipinski definition) is 3. The van der Waals surface area contributed by atoms with Crippen LogP contribution in [-0.2, 0) is 10.8 Å². The van der Waals surface area contributed by atoms with Crippen molar-refractivity contribution in [1.29, 1.82) is 0 Å². The summed E-state index contributed by atoms with van der Waals surface area (Å²) in [5.41, 5.74) is 4.46. The Bertz CT molecular complexity index is 832. The highest BCUT2D eigenvalue weighted by molar-refractivity contribution is 5.57. The second kappa shape index (κ2) is 5.72. The molecule has 4 heteroatoms. The molecule has 1 unspecified atom stereocenters. The summed E-state index contributed by atoms with van der Waals surface area (Å²) in [4.78, 5) is 1.61. The smallest absolute Gasteiger partial charge is 0.146 e. The van der Waals surface area contributed by atoms with E-state index in [1.807, 2.05) is 12.1 Å². The van der Waals surface area contributed by atoms with Crippen molar-refractivity contribution in [2.24, 2.45) is 0 Å². The topological polar surface area (TPSA) is 50.9 Å². The monoisotopic (exact) mass is 339 g/mol. The number of benzene rings is 1. The van der Waals surface area contributed by atoms with Crippen LogP contribution < -0.4 is 0 Å². The van der Waals surface area contributed by atoms with Crippen molar-refractivity contribution in [1.82, 2.24) is 15.0 Å². The number of allylic oxidation sites excluding steroid dienone is 1. The van der Waals surface area contributed by atoms with Crippen molar-refractivity contribution >= 4 is 6.08 Å². The third kappa shape index (κ3) is 3.22. The summed E-state index contributed by atoms with van der Waals surface area (Å²) in [6.07, 6.45) is 5.14. The minimum atomic E-state index is -0.167. The molecule has 134 valence electrons. The molecule has 1 heterocycles. The number of nitrogens with zero attached hydrogens (tertiary/aromatic N) is 3. The van der Waals surface area contributed by atoms with Gasteiger partial charge < -0.3 is 5.11 Å². The van der Waals surface area contributed by atoms with Crippen molar-refractivity contribution < 1.29 is 5.11 Å². The Labute approximate surface area is 150 Å². The summed E-state index contributed by atoms with van der Waals surface area (Å²) in [7, 11) is 0. The van der Waals surface area contributed by atoms with Crippen LogP contribution in [0.5, 0.6) is 5.75 Å². The molecule has 0 fully saturated rings. The first-order valence-electron chi connectivity index (χ1n) is 9.00. The molecular weight excluding hydrogens is 310 g/mol. The third-order valence-electron chi connectivity index (χ3n) is 4.88. The first kappa shape index (κ1) is 17.7. The number of phenolic OH excluding ortho intramolecular Hbond substituents is 1. The molecule has 1 aliphatic carbocycles. The molecule has 0 spiro atoms. The number of hydrogen-bond donors (Lipinski definition) is 1. The molecule has 2 aromatic rings. The van der Waals surface area contributed by atoms with Crippen molar-refractivity contribution in [3.05, 3.63) is 40.7 Å². The van der Waals surface area contributed by atoms with E-state index in [-0.39, 0.29) is 16.6 Å². The van der Waals surface area contributed by atoms with Crippen LogP contribution in [0.1, 0.15) is 83.3 Å². The summed E-state index contributed by atoms with van der Waals surface area (Å²) < 4.78 is 0. The number of fused-ring (bicyclic) bond motifs is 1. The summed E-state index contributed by atoms with van der Waals surface area (Å²) in [6, 6.07) is 4.13. The standard InChI is InChI=1S/C21H29N3O/c1-13-9-8-10-16-18(13)23-24(22-16)17-12-14(20(2,3)4)11-15(19(17)25)21(5,6)7/h8,10-13,25H,9H2,1-7H3. The molecule has 1 aromatic heterocycles. The van der Waals surface area contributed by atoms with Crippen molar-refractivity contribution in [2.75, 3.05) is 0 Å². The van der Waals surface area contributed by atoms with Gasteiger partial charge in [-0.25, -0.2) is 0 Å². The lowest BCUT2D eigenvalue weighted by atomic mass is 9.80. The van der Waals surface area contributed by atoms with E-state index in [1.54, 1.807) is 4.80 Å². The fourth-order valence-corrected chi connectivity index (χ4v) is 3.18. The molecular formula is C21H29N3O. The Kier molecular flexibility index (Phi) is 4.05. The average molecular weight is 339 g/mol. The van der Waals surface area contributed by atoms with Gasteiger partial charge in [0, 0.05) is 11.5 Å². The van der Waals surface area contributed by atoms with Gasteiger partial charge in [-0.1, -0.05) is 60.6 Å². The highest BCUT2D eigenvalue weighted by Gasteiger charge is 2.27. The summed E-state index contributed by atoms with van der Waals surface area (Å²) in [5, 5.41) is 20.3. The first-order chi connectivity index (χ1) is 11.5. The van der Waals surface area contributed by atoms with Gasteiger partial charge in [-0.15, -0.1) is 9.90 Å². The molecule has 0 aliphatic heterocycles. The van der Waals surface area contributed by atoms with E-state index in [4.69, 9.17) is 5.10 Å². The number of phenols is 1. The second-order valence-corrected chi connectivity index (χ2v) is 9.19. The van der Waals surface area contributed by atoms with Crippen molar-refractivity contribution in [3.8, 4) is 11.4 Å². The zero-order valence-electron chi connectivity index (χ0n) is 16.4. The Morgan fingerprint density at radius 1 is 1.04 bits per heavy atom. The van der Waals surface area contributed by atoms with Crippen molar-refractivity contribution in [3.63, 3.8) is 0 Å². The zero-order chi connectivity index (χ0) is 18.6. The van der Waals surface area contributed by atoms with Gasteiger partial charge in [-0.05, 0) is 35.0 Å². The molecule has 3 rings (SSSR count). The predicted molar refractivity (Wildman–Crippen MR) is 102 cm³/mol. The average Bonchev–Trinajstić information content (AvgIpc) is 2.90. The number of aromatic hydroxyl groups is 1. The van der Waals surface area contributed by atoms with E-state index < -0.39 is 0 Å². The summed E-state index contributed by atoms with van der Waals surface area (Å²) >= 11 is 0. The van der Waals surface area contributed by atoms with Gasteiger partial charge in [0.25, 0.3) is 0 Å². The van der Waals surface area contributed by atoms with Gasteiger partial charge in [0.05, 0.1) is 5.69 Å². The third-order valence-corrected chi connectivity index (χ3v) is 4.88. The maximum absolute atomic E-state index is 11.0. The van der Waals surface area contributed by atoms with Crippen LogP contribution in [0.3, 0.4) is 0 Å². The quantitative estimate of drug-likeness (QED) is 0.787. The summed E-state index contributed by atoms with van der Waals surface area (Å²) in [6.45, 7) is 15.1. The lowest BCUT2D eigenvalue weighted by molar-refractivity contribution is 0.437. The van der Waals surface area contributed by atoms with Gasteiger partial charge in [0.15, 0.2) is 0 Å². The molecule has 1 atom stereocenters. The molecule has 0 radical (unpaired) electrons. The van der Waals surface area contributed by atoms with Gasteiger partial charge in [0.1, 0.15) is 17.1 Å². The maximum atomic E-state index is 11.0. The molecule has 4 nitrogen and oxygen atoms in total. The highest BCUT2D eigenvalue weighted by Crippen LogP contribution is 2.39. The Morgan fingerprint density at radius 3 is 2.28 bits per heavy atom. The van der Waals surface area contributed by atoms with Crippen LogP contribution in [0.15, 0.2) is 18.2 Å². The Hall–Kier alpha value is -2.10. The van der Waals surface area contributed by atoms with E-state index in [1.165, 1.54) is 5.56 Å². The van der Waals surface area contributed by atoms with E-state index >= 15 is 0 Å². The lowest BCUT2D eigenvalue weighted by Gasteiger charge is -2.27. The minimum absolute atomic E-state index is 0.0254. The highest BCUT2D eigenvalue weighted by atomic mass is 16.3. The number of rotatable bonds is 1. The predicted octanol–water partition coefficient (Wildman–Crippen LogP) is 5.09. The molecule has 0 saturated heterocycles. The SMILES string of the molecule is CC1CC=Cc2nn(-c3cc(C(C)(C)C)cc(C(C)(C)C)c3O)nc21. The Morgan fingerprint density at radius 2 is 1.72 bits per heavy atom. The molecule has 0 bridgehead atoms. The van der Waals surface area contributed by atoms with Crippen LogP contribution in [0, 0.1) is 0 Å². The summed E-state index contributed by atoms with van der Waals surface area (Å²) in [5.74, 6) is 0.619. The van der Waals surface area contributed by atoms with E-state index in [2.05, 4.69) is 65.7 Å². The Balaban J connectivity index is 2.24.